The number of likely N-dealkylation sites (N-methyl/N-ethyl adjacent to an activating group) is 1. The van der Waals surface area contributed by atoms with Gasteiger partial charge in [0.1, 0.15) is 11.6 Å². The first-order valence-corrected chi connectivity index (χ1v) is 9.45. The summed E-state index contributed by atoms with van der Waals surface area (Å²) in [7, 11) is 1.89. The fraction of sp³-hybridized carbons (Fsp3) is 0.238. The fourth-order valence-corrected chi connectivity index (χ4v) is 3.31. The normalized spacial score (nSPS) is 13.3. The summed E-state index contributed by atoms with van der Waals surface area (Å²) in [4.78, 5) is 37.6. The molecule has 0 radical (unpaired) electrons. The van der Waals surface area contributed by atoms with Crippen molar-refractivity contribution in [2.75, 3.05) is 36.5 Å². The van der Waals surface area contributed by atoms with Crippen molar-refractivity contribution in [2.45, 2.75) is 6.42 Å². The van der Waals surface area contributed by atoms with Gasteiger partial charge in [-0.15, -0.1) is 0 Å². The number of hydrogen-bond donors (Lipinski definition) is 1. The minimum atomic E-state index is -0.950. The van der Waals surface area contributed by atoms with E-state index in [2.05, 4.69) is 15.3 Å². The highest BCUT2D eigenvalue weighted by Gasteiger charge is 2.28. The van der Waals surface area contributed by atoms with Crippen molar-refractivity contribution in [3.63, 3.8) is 0 Å². The molecule has 3 aromatic rings. The number of carbonyl (C=O) groups excluding carboxylic acids is 2. The highest BCUT2D eigenvalue weighted by atomic mass is 19.1. The number of carbonyl (C=O) groups is 2. The number of benzene rings is 2. The van der Waals surface area contributed by atoms with Crippen LogP contribution in [0.1, 0.15) is 16.8 Å². The van der Waals surface area contributed by atoms with Crippen LogP contribution in [0.15, 0.2) is 42.5 Å². The Morgan fingerprint density at radius 2 is 1.73 bits per heavy atom. The maximum absolute atomic E-state index is 13.7. The number of hydrogen-bond acceptors (Lipinski definition) is 5. The number of halogens is 2. The summed E-state index contributed by atoms with van der Waals surface area (Å²) in [5.41, 5.74) is 1.15. The number of fused-ring (bicyclic) bond motifs is 2. The third kappa shape index (κ3) is 3.78. The van der Waals surface area contributed by atoms with E-state index in [4.69, 9.17) is 0 Å². The van der Waals surface area contributed by atoms with Crippen LogP contribution in [0.3, 0.4) is 0 Å². The van der Waals surface area contributed by atoms with Gasteiger partial charge in [0.2, 0.25) is 5.91 Å². The Balaban J connectivity index is 1.46. The van der Waals surface area contributed by atoms with Crippen LogP contribution in [0.2, 0.25) is 0 Å². The van der Waals surface area contributed by atoms with E-state index in [0.717, 1.165) is 17.6 Å². The number of amides is 2. The molecular formula is C21H19F2N5O2. The lowest BCUT2D eigenvalue weighted by molar-refractivity contribution is -0.118. The molecule has 2 amide bonds. The predicted molar refractivity (Wildman–Crippen MR) is 108 cm³/mol. The number of rotatable bonds is 4. The molecule has 0 atom stereocenters. The molecule has 7 nitrogen and oxygen atoms in total. The van der Waals surface area contributed by atoms with Gasteiger partial charge in [0.25, 0.3) is 5.91 Å². The summed E-state index contributed by atoms with van der Waals surface area (Å²) >= 11 is 0. The van der Waals surface area contributed by atoms with Crippen LogP contribution in [-0.2, 0) is 4.79 Å². The minimum Gasteiger partial charge on any atom is -0.355 e. The molecule has 2 aromatic carbocycles. The highest BCUT2D eigenvalue weighted by molar-refractivity contribution is 5.98. The summed E-state index contributed by atoms with van der Waals surface area (Å²) in [6.45, 7) is 1.05. The van der Waals surface area contributed by atoms with Gasteiger partial charge < -0.3 is 10.2 Å². The van der Waals surface area contributed by atoms with Gasteiger partial charge in [0.05, 0.1) is 16.6 Å². The molecular weight excluding hydrogens is 392 g/mol. The summed E-state index contributed by atoms with van der Waals surface area (Å²) < 4.78 is 26.7. The average Bonchev–Trinajstić information content (AvgIpc) is 2.72. The highest BCUT2D eigenvalue weighted by Crippen LogP contribution is 2.30. The van der Waals surface area contributed by atoms with E-state index in [-0.39, 0.29) is 24.4 Å². The van der Waals surface area contributed by atoms with E-state index in [1.54, 1.807) is 4.90 Å². The van der Waals surface area contributed by atoms with E-state index in [1.807, 2.05) is 36.2 Å². The molecule has 1 aliphatic rings. The fourth-order valence-electron chi connectivity index (χ4n) is 3.31. The van der Waals surface area contributed by atoms with E-state index in [0.29, 0.717) is 36.3 Å². The van der Waals surface area contributed by atoms with Crippen LogP contribution in [0.4, 0.5) is 20.4 Å². The second kappa shape index (κ2) is 8.02. The molecule has 4 rings (SSSR count). The first kappa shape index (κ1) is 19.7. The van der Waals surface area contributed by atoms with Crippen LogP contribution >= 0.6 is 0 Å². The standard InChI is InChI=1S/C21H19F2N5O2/c1-27-10-11-28(20-19(27)25-16-4-2-3-5-17(16)26-20)18(29)8-9-24-21(30)14-7-6-13(22)12-15(14)23/h2-7,12H,8-11H2,1H3,(H,24,30). The average molecular weight is 411 g/mol. The summed E-state index contributed by atoms with van der Waals surface area (Å²) in [5.74, 6) is -1.55. The van der Waals surface area contributed by atoms with E-state index in [9.17, 15) is 18.4 Å². The third-order valence-corrected chi connectivity index (χ3v) is 4.91. The lowest BCUT2D eigenvalue weighted by Gasteiger charge is -2.33. The number of para-hydroxylation sites is 2. The zero-order valence-corrected chi connectivity index (χ0v) is 16.2. The maximum Gasteiger partial charge on any atom is 0.254 e. The number of nitrogens with one attached hydrogen (secondary N) is 1. The maximum atomic E-state index is 13.7. The van der Waals surface area contributed by atoms with Crippen LogP contribution in [0, 0.1) is 11.6 Å². The Morgan fingerprint density at radius 3 is 2.43 bits per heavy atom. The molecule has 0 spiro atoms. The van der Waals surface area contributed by atoms with Crippen molar-refractivity contribution in [1.82, 2.24) is 15.3 Å². The SMILES string of the molecule is CN1CCN(C(=O)CCNC(=O)c2ccc(F)cc2F)c2nc3ccccc3nc21. The molecule has 30 heavy (non-hydrogen) atoms. The van der Waals surface area contributed by atoms with Gasteiger partial charge in [-0.1, -0.05) is 12.1 Å². The van der Waals surface area contributed by atoms with Crippen molar-refractivity contribution in [2.24, 2.45) is 0 Å². The van der Waals surface area contributed by atoms with Gasteiger partial charge in [0, 0.05) is 39.2 Å². The largest absolute Gasteiger partial charge is 0.355 e. The van der Waals surface area contributed by atoms with Crippen molar-refractivity contribution >= 4 is 34.5 Å². The number of anilines is 2. The summed E-state index contributed by atoms with van der Waals surface area (Å²) in [5, 5.41) is 2.50. The van der Waals surface area contributed by atoms with Gasteiger partial charge in [-0.2, -0.15) is 0 Å². The number of nitrogens with zero attached hydrogens (tertiary/aromatic N) is 4. The van der Waals surface area contributed by atoms with Crippen LogP contribution in [0.25, 0.3) is 11.0 Å². The van der Waals surface area contributed by atoms with Gasteiger partial charge in [-0.25, -0.2) is 18.7 Å². The summed E-state index contributed by atoms with van der Waals surface area (Å²) in [6, 6.07) is 10.1. The Kier molecular flexibility index (Phi) is 5.26. The van der Waals surface area contributed by atoms with Crippen LogP contribution < -0.4 is 15.1 Å². The Hall–Kier alpha value is -3.62. The van der Waals surface area contributed by atoms with Gasteiger partial charge in [-0.05, 0) is 24.3 Å². The molecule has 0 saturated heterocycles. The molecule has 9 heteroatoms. The van der Waals surface area contributed by atoms with Crippen LogP contribution in [0.5, 0.6) is 0 Å². The molecule has 0 unspecified atom stereocenters. The molecule has 154 valence electrons. The first-order valence-electron chi connectivity index (χ1n) is 9.45. The monoisotopic (exact) mass is 411 g/mol. The molecule has 0 fully saturated rings. The van der Waals surface area contributed by atoms with Gasteiger partial charge in [0.15, 0.2) is 11.6 Å². The second-order valence-corrected chi connectivity index (χ2v) is 6.96. The van der Waals surface area contributed by atoms with E-state index >= 15 is 0 Å². The zero-order chi connectivity index (χ0) is 21.3. The van der Waals surface area contributed by atoms with Gasteiger partial charge in [-0.3, -0.25) is 14.5 Å². The molecule has 1 N–H and O–H groups in total. The molecule has 0 bridgehead atoms. The van der Waals surface area contributed by atoms with Crippen molar-refractivity contribution in [1.29, 1.82) is 0 Å². The lowest BCUT2D eigenvalue weighted by Crippen LogP contribution is -2.44. The van der Waals surface area contributed by atoms with E-state index in [1.165, 1.54) is 0 Å². The molecule has 0 aliphatic carbocycles. The number of aromatic nitrogens is 2. The quantitative estimate of drug-likeness (QED) is 0.714. The van der Waals surface area contributed by atoms with E-state index < -0.39 is 17.5 Å². The Bertz CT molecular complexity index is 1140. The molecule has 1 aliphatic heterocycles. The van der Waals surface area contributed by atoms with Crippen molar-refractivity contribution < 1.29 is 18.4 Å². The Morgan fingerprint density at radius 1 is 1.03 bits per heavy atom. The molecule has 1 aromatic heterocycles. The zero-order valence-electron chi connectivity index (χ0n) is 16.2. The van der Waals surface area contributed by atoms with Crippen molar-refractivity contribution in [3.05, 3.63) is 59.7 Å². The van der Waals surface area contributed by atoms with Gasteiger partial charge >= 0.3 is 0 Å². The molecule has 2 heterocycles. The third-order valence-electron chi connectivity index (χ3n) is 4.91. The lowest BCUT2D eigenvalue weighted by atomic mass is 10.2. The first-order chi connectivity index (χ1) is 14.4. The smallest absolute Gasteiger partial charge is 0.254 e. The summed E-state index contributed by atoms with van der Waals surface area (Å²) in [6.07, 6.45) is 0.00617. The predicted octanol–water partition coefficient (Wildman–Crippen LogP) is 2.51. The molecule has 0 saturated carbocycles. The Labute approximate surface area is 171 Å². The topological polar surface area (TPSA) is 78.4 Å². The minimum absolute atomic E-state index is 0.00617. The second-order valence-electron chi connectivity index (χ2n) is 6.96. The van der Waals surface area contributed by atoms with Crippen LogP contribution in [-0.4, -0.2) is 48.5 Å². The van der Waals surface area contributed by atoms with Crippen molar-refractivity contribution in [3.8, 4) is 0 Å².